The fourth-order valence-corrected chi connectivity index (χ4v) is 4.74. The van der Waals surface area contributed by atoms with Crippen molar-refractivity contribution in [1.82, 2.24) is 14.9 Å². The van der Waals surface area contributed by atoms with E-state index in [1.54, 1.807) is 30.3 Å². The molecular formula is C27H27F3N4O2. The van der Waals surface area contributed by atoms with Gasteiger partial charge in [-0.1, -0.05) is 24.3 Å². The second kappa shape index (κ2) is 10.2. The van der Waals surface area contributed by atoms with Crippen molar-refractivity contribution in [1.29, 1.82) is 0 Å². The lowest BCUT2D eigenvalue weighted by Crippen LogP contribution is -2.46. The number of alkyl halides is 3. The summed E-state index contributed by atoms with van der Waals surface area (Å²) < 4.78 is 46.7. The largest absolute Gasteiger partial charge is 0.478 e. The van der Waals surface area contributed by atoms with E-state index in [2.05, 4.69) is 19.8 Å². The number of aromatic nitrogens is 2. The Hall–Kier alpha value is -3.59. The molecule has 1 aliphatic rings. The van der Waals surface area contributed by atoms with Crippen molar-refractivity contribution < 1.29 is 17.9 Å². The maximum absolute atomic E-state index is 13.7. The first kappa shape index (κ1) is 24.1. The average molecular weight is 497 g/mol. The van der Waals surface area contributed by atoms with E-state index < -0.39 is 11.7 Å². The van der Waals surface area contributed by atoms with E-state index in [-0.39, 0.29) is 10.9 Å². The van der Waals surface area contributed by atoms with Gasteiger partial charge in [-0.25, -0.2) is 0 Å². The number of aromatic amines is 1. The second-order valence-electron chi connectivity index (χ2n) is 8.97. The summed E-state index contributed by atoms with van der Waals surface area (Å²) in [4.78, 5) is 22.9. The lowest BCUT2D eigenvalue weighted by molar-refractivity contribution is -0.136. The summed E-state index contributed by atoms with van der Waals surface area (Å²) in [5, 5.41) is 1.74. The van der Waals surface area contributed by atoms with Crippen LogP contribution in [0, 0.1) is 0 Å². The molecule has 1 aliphatic heterocycles. The maximum atomic E-state index is 13.7. The maximum Gasteiger partial charge on any atom is 0.417 e. The van der Waals surface area contributed by atoms with Crippen LogP contribution in [0.1, 0.15) is 18.4 Å². The molecule has 2 aromatic carbocycles. The topological polar surface area (TPSA) is 61.5 Å². The van der Waals surface area contributed by atoms with Gasteiger partial charge in [-0.15, -0.1) is 0 Å². The Morgan fingerprint density at radius 1 is 0.889 bits per heavy atom. The number of hydrogen-bond acceptors (Lipinski definition) is 5. The Labute approximate surface area is 206 Å². The van der Waals surface area contributed by atoms with Crippen LogP contribution in [0.25, 0.3) is 21.8 Å². The molecular weight excluding hydrogens is 469 g/mol. The fourth-order valence-electron chi connectivity index (χ4n) is 4.74. The number of unbranched alkanes of at least 4 members (excludes halogenated alkanes) is 1. The zero-order valence-corrected chi connectivity index (χ0v) is 19.7. The standard InChI is InChI=1S/C27H27F3N4O2/c28-27(29,30)21-7-3-5-19-6-4-8-22(25(19)21)34-16-14-33(15-17-34)13-1-2-18-36-24-12-10-20-9-11-23(35)31-26(20)32-24/h3-12H,1-2,13-18H2,(H,31,32,35). The molecule has 0 radical (unpaired) electrons. The number of hydrogen-bond donors (Lipinski definition) is 1. The molecule has 0 amide bonds. The normalized spacial score (nSPS) is 15.0. The number of nitrogens with one attached hydrogen (secondary N) is 1. The molecule has 2 aromatic heterocycles. The molecule has 188 valence electrons. The molecule has 4 aromatic rings. The molecule has 1 saturated heterocycles. The van der Waals surface area contributed by atoms with Crippen molar-refractivity contribution in [3.63, 3.8) is 0 Å². The third-order valence-corrected chi connectivity index (χ3v) is 6.58. The van der Waals surface area contributed by atoms with Gasteiger partial charge >= 0.3 is 6.18 Å². The molecule has 0 aliphatic carbocycles. The number of pyridine rings is 2. The molecule has 0 unspecified atom stereocenters. The summed E-state index contributed by atoms with van der Waals surface area (Å²) in [5.41, 5.74) is 0.378. The van der Waals surface area contributed by atoms with Crippen molar-refractivity contribution in [3.8, 4) is 5.88 Å². The van der Waals surface area contributed by atoms with E-state index in [4.69, 9.17) is 4.74 Å². The number of H-pyrrole nitrogens is 1. The van der Waals surface area contributed by atoms with Gasteiger partial charge < -0.3 is 14.6 Å². The lowest BCUT2D eigenvalue weighted by atomic mass is 10.0. The number of piperazine rings is 1. The van der Waals surface area contributed by atoms with Crippen molar-refractivity contribution in [2.24, 2.45) is 0 Å². The summed E-state index contributed by atoms with van der Waals surface area (Å²) in [7, 11) is 0. The molecule has 36 heavy (non-hydrogen) atoms. The van der Waals surface area contributed by atoms with E-state index in [0.717, 1.165) is 43.9 Å². The third kappa shape index (κ3) is 5.31. The van der Waals surface area contributed by atoms with Gasteiger partial charge in [0.1, 0.15) is 5.65 Å². The Morgan fingerprint density at radius 3 is 2.42 bits per heavy atom. The quantitative estimate of drug-likeness (QED) is 0.362. The minimum absolute atomic E-state index is 0.200. The van der Waals surface area contributed by atoms with E-state index >= 15 is 0 Å². The molecule has 5 rings (SSSR count). The van der Waals surface area contributed by atoms with E-state index in [0.29, 0.717) is 42.3 Å². The molecule has 1 N–H and O–H groups in total. The van der Waals surface area contributed by atoms with Gasteiger partial charge in [0.15, 0.2) is 0 Å². The second-order valence-corrected chi connectivity index (χ2v) is 8.97. The molecule has 0 saturated carbocycles. The first-order chi connectivity index (χ1) is 17.4. The van der Waals surface area contributed by atoms with Crippen LogP contribution in [0.4, 0.5) is 18.9 Å². The van der Waals surface area contributed by atoms with Gasteiger partial charge in [0.25, 0.3) is 0 Å². The highest BCUT2D eigenvalue weighted by atomic mass is 19.4. The summed E-state index contributed by atoms with van der Waals surface area (Å²) >= 11 is 0. The van der Waals surface area contributed by atoms with E-state index in [1.807, 2.05) is 12.1 Å². The highest BCUT2D eigenvalue weighted by Crippen LogP contribution is 2.39. The van der Waals surface area contributed by atoms with Gasteiger partial charge in [0.2, 0.25) is 11.4 Å². The summed E-state index contributed by atoms with van der Waals surface area (Å²) in [6.45, 7) is 4.38. The van der Waals surface area contributed by atoms with Crippen LogP contribution in [0.2, 0.25) is 0 Å². The van der Waals surface area contributed by atoms with Gasteiger partial charge in [0.05, 0.1) is 12.2 Å². The van der Waals surface area contributed by atoms with Crippen molar-refractivity contribution >= 4 is 27.5 Å². The predicted molar refractivity (Wildman–Crippen MR) is 135 cm³/mol. The van der Waals surface area contributed by atoms with Crippen LogP contribution in [0.15, 0.2) is 65.5 Å². The SMILES string of the molecule is O=c1ccc2ccc(OCCCCN3CCN(c4cccc5cccc(C(F)(F)F)c45)CC3)nc2[nH]1. The zero-order chi connectivity index (χ0) is 25.1. The Kier molecular flexibility index (Phi) is 6.82. The smallest absolute Gasteiger partial charge is 0.417 e. The highest BCUT2D eigenvalue weighted by molar-refractivity contribution is 5.97. The van der Waals surface area contributed by atoms with Gasteiger partial charge in [-0.05, 0) is 49.0 Å². The van der Waals surface area contributed by atoms with Crippen LogP contribution in [0.5, 0.6) is 5.88 Å². The van der Waals surface area contributed by atoms with Crippen LogP contribution in [-0.2, 0) is 6.18 Å². The summed E-state index contributed by atoms with van der Waals surface area (Å²) in [6.07, 6.45) is -2.60. The minimum Gasteiger partial charge on any atom is -0.478 e. The van der Waals surface area contributed by atoms with Crippen LogP contribution < -0.4 is 15.2 Å². The number of anilines is 1. The van der Waals surface area contributed by atoms with Crippen LogP contribution >= 0.6 is 0 Å². The minimum atomic E-state index is -4.39. The summed E-state index contributed by atoms with van der Waals surface area (Å²) in [5.74, 6) is 0.478. The van der Waals surface area contributed by atoms with Crippen LogP contribution in [-0.4, -0.2) is 54.2 Å². The first-order valence-electron chi connectivity index (χ1n) is 12.1. The van der Waals surface area contributed by atoms with E-state index in [9.17, 15) is 18.0 Å². The summed E-state index contributed by atoms with van der Waals surface area (Å²) in [6, 6.07) is 16.6. The molecule has 0 bridgehead atoms. The Balaban J connectivity index is 1.12. The molecule has 6 nitrogen and oxygen atoms in total. The van der Waals surface area contributed by atoms with Gasteiger partial charge in [-0.2, -0.15) is 18.2 Å². The zero-order valence-electron chi connectivity index (χ0n) is 19.7. The van der Waals surface area contributed by atoms with E-state index in [1.165, 1.54) is 12.1 Å². The van der Waals surface area contributed by atoms with Gasteiger partial charge in [-0.3, -0.25) is 9.69 Å². The number of fused-ring (bicyclic) bond motifs is 2. The number of rotatable bonds is 7. The molecule has 1 fully saturated rings. The van der Waals surface area contributed by atoms with Crippen molar-refractivity contribution in [2.75, 3.05) is 44.2 Å². The first-order valence-corrected chi connectivity index (χ1v) is 12.1. The third-order valence-electron chi connectivity index (χ3n) is 6.58. The predicted octanol–water partition coefficient (Wildman–Crippen LogP) is 5.08. The highest BCUT2D eigenvalue weighted by Gasteiger charge is 2.34. The van der Waals surface area contributed by atoms with Crippen molar-refractivity contribution in [2.45, 2.75) is 19.0 Å². The molecule has 9 heteroatoms. The lowest BCUT2D eigenvalue weighted by Gasteiger charge is -2.37. The Morgan fingerprint density at radius 2 is 1.64 bits per heavy atom. The number of nitrogens with zero attached hydrogens (tertiary/aromatic N) is 3. The van der Waals surface area contributed by atoms with Crippen LogP contribution in [0.3, 0.4) is 0 Å². The van der Waals surface area contributed by atoms with Gasteiger partial charge in [0, 0.05) is 54.8 Å². The number of ether oxygens (including phenoxy) is 1. The fraction of sp³-hybridized carbons (Fsp3) is 0.333. The molecule has 0 atom stereocenters. The number of halogens is 3. The Bertz CT molecular complexity index is 1410. The molecule has 0 spiro atoms. The van der Waals surface area contributed by atoms with Crippen molar-refractivity contribution in [3.05, 3.63) is 76.6 Å². The monoisotopic (exact) mass is 496 g/mol. The number of benzene rings is 2. The molecule has 3 heterocycles. The average Bonchev–Trinajstić information content (AvgIpc) is 2.87.